The van der Waals surface area contributed by atoms with Crippen LogP contribution in [0.15, 0.2) is 60.6 Å². The van der Waals surface area contributed by atoms with Gasteiger partial charge in [0.25, 0.3) is 5.91 Å². The first-order valence-electron chi connectivity index (χ1n) is 7.73. The summed E-state index contributed by atoms with van der Waals surface area (Å²) in [4.78, 5) is 12.5. The van der Waals surface area contributed by atoms with Gasteiger partial charge in [0, 0.05) is 18.1 Å². The summed E-state index contributed by atoms with van der Waals surface area (Å²) in [5.41, 5.74) is 8.52. The van der Waals surface area contributed by atoms with E-state index in [9.17, 15) is 4.79 Å². The normalized spacial score (nSPS) is 17.7. The van der Waals surface area contributed by atoms with Crippen molar-refractivity contribution in [2.75, 3.05) is 0 Å². The Bertz CT molecular complexity index is 673. The van der Waals surface area contributed by atoms with Crippen LogP contribution in [0.2, 0.25) is 0 Å². The third-order valence-electron chi connectivity index (χ3n) is 3.96. The monoisotopic (exact) mass is 295 g/mol. The van der Waals surface area contributed by atoms with Crippen molar-refractivity contribution in [3.63, 3.8) is 0 Å². The summed E-state index contributed by atoms with van der Waals surface area (Å²) >= 11 is 0. The molecule has 1 heterocycles. The fraction of sp³-hybridized carbons (Fsp3) is 0.278. The number of aromatic nitrogens is 1. The number of nitrogens with zero attached hydrogens (tertiary/aromatic N) is 1. The number of carbonyl (C=O) groups excluding carboxylic acids is 1. The summed E-state index contributed by atoms with van der Waals surface area (Å²) in [5.74, 6) is 0.448. The second kappa shape index (κ2) is 6.52. The van der Waals surface area contributed by atoms with Crippen molar-refractivity contribution in [1.29, 1.82) is 0 Å². The summed E-state index contributed by atoms with van der Waals surface area (Å²) in [7, 11) is 0. The molecule has 0 saturated carbocycles. The second-order valence-corrected chi connectivity index (χ2v) is 5.75. The summed E-state index contributed by atoms with van der Waals surface area (Å²) in [5, 5.41) is 0. The molecule has 1 amide bonds. The number of hydrazine groups is 1. The smallest absolute Gasteiger partial charge is 0.271 e. The van der Waals surface area contributed by atoms with Crippen molar-refractivity contribution in [1.82, 2.24) is 15.4 Å². The molecule has 1 aliphatic rings. The third-order valence-corrected chi connectivity index (χ3v) is 3.96. The van der Waals surface area contributed by atoms with Gasteiger partial charge in [-0.3, -0.25) is 10.2 Å². The fourth-order valence-corrected chi connectivity index (χ4v) is 2.82. The van der Waals surface area contributed by atoms with Crippen LogP contribution in [0.25, 0.3) is 5.69 Å². The average Bonchev–Trinajstić information content (AvgIpc) is 3.07. The number of carbonyl (C=O) groups is 1. The lowest BCUT2D eigenvalue weighted by atomic mass is 9.96. The number of benzene rings is 1. The van der Waals surface area contributed by atoms with Crippen LogP contribution in [0, 0.1) is 5.92 Å². The van der Waals surface area contributed by atoms with Crippen LogP contribution in [-0.2, 0) is 0 Å². The predicted octanol–water partition coefficient (Wildman–Crippen LogP) is 3.42. The van der Waals surface area contributed by atoms with Gasteiger partial charge in [0.2, 0.25) is 0 Å². The van der Waals surface area contributed by atoms with E-state index in [1.54, 1.807) is 0 Å². The van der Waals surface area contributed by atoms with Crippen molar-refractivity contribution in [2.24, 2.45) is 5.92 Å². The van der Waals surface area contributed by atoms with Crippen LogP contribution in [0.5, 0.6) is 0 Å². The number of hydrogen-bond donors (Lipinski definition) is 2. The zero-order chi connectivity index (χ0) is 15.4. The third kappa shape index (κ3) is 3.22. The van der Waals surface area contributed by atoms with E-state index in [2.05, 4.69) is 23.9 Å². The topological polar surface area (TPSA) is 46.1 Å². The van der Waals surface area contributed by atoms with Gasteiger partial charge in [-0.1, -0.05) is 25.1 Å². The molecule has 2 aromatic rings. The number of amides is 1. The minimum Gasteiger partial charge on any atom is -0.323 e. The van der Waals surface area contributed by atoms with Crippen LogP contribution in [0.3, 0.4) is 0 Å². The van der Waals surface area contributed by atoms with E-state index in [1.807, 2.05) is 53.4 Å². The standard InChI is InChI=1S/C18H21N3O/c1-14-7-6-8-15(13-14)19-20-18(22)16-9-2-3-10-17(16)21-11-4-5-12-21/h2-5,9-14,19H,6-8H2,1H3,(H,20,22)/t14-/m1/s1. The van der Waals surface area contributed by atoms with Crippen molar-refractivity contribution >= 4 is 5.91 Å². The van der Waals surface area contributed by atoms with Crippen molar-refractivity contribution < 1.29 is 4.79 Å². The van der Waals surface area contributed by atoms with Gasteiger partial charge in [0.1, 0.15) is 0 Å². The maximum absolute atomic E-state index is 12.5. The molecule has 0 unspecified atom stereocenters. The highest BCUT2D eigenvalue weighted by Gasteiger charge is 2.13. The Morgan fingerprint density at radius 3 is 2.73 bits per heavy atom. The molecule has 1 aromatic heterocycles. The fourth-order valence-electron chi connectivity index (χ4n) is 2.82. The minimum atomic E-state index is -0.122. The van der Waals surface area contributed by atoms with Gasteiger partial charge in [-0.15, -0.1) is 0 Å². The highest BCUT2D eigenvalue weighted by atomic mass is 16.2. The number of para-hydroxylation sites is 1. The Balaban J connectivity index is 1.73. The number of rotatable bonds is 4. The van der Waals surface area contributed by atoms with Crippen LogP contribution in [-0.4, -0.2) is 10.5 Å². The van der Waals surface area contributed by atoms with E-state index in [4.69, 9.17) is 0 Å². The van der Waals surface area contributed by atoms with E-state index in [1.165, 1.54) is 6.42 Å². The maximum Gasteiger partial charge on any atom is 0.271 e. The van der Waals surface area contributed by atoms with Gasteiger partial charge in [-0.2, -0.15) is 0 Å². The number of nitrogens with one attached hydrogen (secondary N) is 2. The Kier molecular flexibility index (Phi) is 4.28. The van der Waals surface area contributed by atoms with Crippen LogP contribution in [0.1, 0.15) is 36.5 Å². The lowest BCUT2D eigenvalue weighted by Gasteiger charge is -2.20. The molecule has 2 N–H and O–H groups in total. The van der Waals surface area contributed by atoms with Gasteiger partial charge in [-0.25, -0.2) is 0 Å². The van der Waals surface area contributed by atoms with Crippen LogP contribution in [0.4, 0.5) is 0 Å². The van der Waals surface area contributed by atoms with Gasteiger partial charge < -0.3 is 9.99 Å². The first-order valence-corrected chi connectivity index (χ1v) is 7.73. The van der Waals surface area contributed by atoms with Gasteiger partial charge in [0.15, 0.2) is 0 Å². The van der Waals surface area contributed by atoms with Gasteiger partial charge in [0.05, 0.1) is 11.3 Å². The number of hydrogen-bond acceptors (Lipinski definition) is 2. The quantitative estimate of drug-likeness (QED) is 0.849. The highest BCUT2D eigenvalue weighted by molar-refractivity contribution is 5.97. The molecule has 1 aliphatic carbocycles. The molecule has 22 heavy (non-hydrogen) atoms. The molecule has 0 saturated heterocycles. The van der Waals surface area contributed by atoms with Gasteiger partial charge >= 0.3 is 0 Å². The molecule has 4 nitrogen and oxygen atoms in total. The largest absolute Gasteiger partial charge is 0.323 e. The van der Waals surface area contributed by atoms with Crippen molar-refractivity contribution in [3.8, 4) is 5.69 Å². The van der Waals surface area contributed by atoms with Crippen LogP contribution < -0.4 is 10.9 Å². The van der Waals surface area contributed by atoms with E-state index in [0.29, 0.717) is 11.5 Å². The maximum atomic E-state index is 12.5. The second-order valence-electron chi connectivity index (χ2n) is 5.75. The molecule has 1 aromatic carbocycles. The zero-order valence-electron chi connectivity index (χ0n) is 12.8. The summed E-state index contributed by atoms with van der Waals surface area (Å²) in [6.07, 6.45) is 9.44. The molecular formula is C18H21N3O. The van der Waals surface area contributed by atoms with E-state index in [0.717, 1.165) is 24.2 Å². The Morgan fingerprint density at radius 1 is 1.18 bits per heavy atom. The SMILES string of the molecule is C[C@H]1C=C(NNC(=O)c2ccccc2-n2cccc2)CCC1. The Hall–Kier alpha value is -2.49. The molecule has 114 valence electrons. The van der Waals surface area contributed by atoms with Crippen molar-refractivity contribution in [3.05, 3.63) is 66.1 Å². The Labute approximate surface area is 130 Å². The van der Waals surface area contributed by atoms with Crippen molar-refractivity contribution in [2.45, 2.75) is 26.2 Å². The molecule has 3 rings (SSSR count). The highest BCUT2D eigenvalue weighted by Crippen LogP contribution is 2.20. The molecular weight excluding hydrogens is 274 g/mol. The van der Waals surface area contributed by atoms with Crippen LogP contribution >= 0.6 is 0 Å². The molecule has 0 bridgehead atoms. The Morgan fingerprint density at radius 2 is 1.95 bits per heavy atom. The van der Waals surface area contributed by atoms with E-state index in [-0.39, 0.29) is 5.91 Å². The first kappa shape index (κ1) is 14.4. The molecule has 0 spiro atoms. The summed E-state index contributed by atoms with van der Waals surface area (Å²) in [6.45, 7) is 2.20. The zero-order valence-corrected chi connectivity index (χ0v) is 12.8. The summed E-state index contributed by atoms with van der Waals surface area (Å²) < 4.78 is 1.94. The molecule has 0 aliphatic heterocycles. The molecule has 4 heteroatoms. The minimum absolute atomic E-state index is 0.122. The lowest BCUT2D eigenvalue weighted by molar-refractivity contribution is 0.0937. The van der Waals surface area contributed by atoms with E-state index < -0.39 is 0 Å². The predicted molar refractivity (Wildman–Crippen MR) is 87.5 cm³/mol. The molecule has 1 atom stereocenters. The molecule has 0 radical (unpaired) electrons. The molecule has 0 fully saturated rings. The average molecular weight is 295 g/mol. The first-order chi connectivity index (χ1) is 10.7. The lowest BCUT2D eigenvalue weighted by Crippen LogP contribution is -2.38. The van der Waals surface area contributed by atoms with Gasteiger partial charge in [-0.05, 0) is 49.4 Å². The number of allylic oxidation sites excluding steroid dienone is 2. The summed E-state index contributed by atoms with van der Waals surface area (Å²) in [6, 6.07) is 11.5. The van der Waals surface area contributed by atoms with E-state index >= 15 is 0 Å².